The first-order chi connectivity index (χ1) is 19.2. The maximum absolute atomic E-state index is 13.5. The van der Waals surface area contributed by atoms with E-state index in [0.29, 0.717) is 38.0 Å². The topological polar surface area (TPSA) is 62.7 Å². The molecule has 2 amide bonds. The van der Waals surface area contributed by atoms with E-state index in [0.717, 1.165) is 30.0 Å². The van der Waals surface area contributed by atoms with Gasteiger partial charge in [0, 0.05) is 53.5 Å². The Morgan fingerprint density at radius 1 is 0.850 bits per heavy atom. The monoisotopic (exact) mass is 547 g/mol. The summed E-state index contributed by atoms with van der Waals surface area (Å²) in [5.41, 5.74) is 0.506. The third kappa shape index (κ3) is 5.67. The van der Waals surface area contributed by atoms with Crippen LogP contribution >= 0.6 is 0 Å². The van der Waals surface area contributed by atoms with Crippen LogP contribution in [0.15, 0.2) is 66.7 Å². The van der Waals surface area contributed by atoms with Gasteiger partial charge in [0.2, 0.25) is 5.88 Å². The summed E-state index contributed by atoms with van der Waals surface area (Å²) in [7, 11) is 1.21. The minimum atomic E-state index is -4.70. The van der Waals surface area contributed by atoms with Crippen LogP contribution in [0.25, 0.3) is 0 Å². The molecule has 0 bridgehead atoms. The minimum absolute atomic E-state index is 0.0954. The minimum Gasteiger partial charge on any atom is -0.481 e. The van der Waals surface area contributed by atoms with Crippen molar-refractivity contribution in [3.8, 4) is 17.7 Å². The van der Waals surface area contributed by atoms with Gasteiger partial charge >= 0.3 is 6.18 Å². The summed E-state index contributed by atoms with van der Waals surface area (Å²) >= 11 is 0. The zero-order valence-corrected chi connectivity index (χ0v) is 22.0. The summed E-state index contributed by atoms with van der Waals surface area (Å²) in [5, 5.41) is 0. The maximum atomic E-state index is 13.5. The van der Waals surface area contributed by atoms with E-state index >= 15 is 0 Å². The molecule has 3 heterocycles. The Bertz CT molecular complexity index is 1450. The quantitative estimate of drug-likeness (QED) is 0.411. The first kappa shape index (κ1) is 27.3. The van der Waals surface area contributed by atoms with Crippen LogP contribution in [0, 0.1) is 11.8 Å². The Hall–Kier alpha value is -4.32. The van der Waals surface area contributed by atoms with Crippen molar-refractivity contribution in [1.29, 1.82) is 0 Å². The Kier molecular flexibility index (Phi) is 7.53. The molecule has 0 unspecified atom stereocenters. The highest BCUT2D eigenvalue weighted by atomic mass is 19.4. The number of hydrogen-bond donors (Lipinski definition) is 0. The van der Waals surface area contributed by atoms with E-state index in [-0.39, 0.29) is 17.4 Å². The molecule has 0 aliphatic carbocycles. The van der Waals surface area contributed by atoms with Gasteiger partial charge in [-0.1, -0.05) is 30.0 Å². The predicted octanol–water partition coefficient (Wildman–Crippen LogP) is 5.42. The second kappa shape index (κ2) is 11.0. The van der Waals surface area contributed by atoms with Crippen molar-refractivity contribution in [3.63, 3.8) is 0 Å². The summed E-state index contributed by atoms with van der Waals surface area (Å²) in [5.74, 6) is 5.37. The molecule has 2 aliphatic heterocycles. The van der Waals surface area contributed by atoms with Crippen molar-refractivity contribution >= 4 is 11.8 Å². The Balaban J connectivity index is 1.26. The summed E-state index contributed by atoms with van der Waals surface area (Å²) in [4.78, 5) is 33.6. The molecule has 1 aromatic heterocycles. The number of rotatable bonds is 3. The number of nitrogens with zero attached hydrogens (tertiary/aromatic N) is 3. The third-order valence-electron chi connectivity index (χ3n) is 7.63. The Morgan fingerprint density at radius 3 is 2.12 bits per heavy atom. The zero-order chi connectivity index (χ0) is 28.3. The molecule has 2 saturated heterocycles. The van der Waals surface area contributed by atoms with Crippen molar-refractivity contribution in [1.82, 2.24) is 14.8 Å². The first-order valence-corrected chi connectivity index (χ1v) is 13.1. The molecular weight excluding hydrogens is 519 g/mol. The fourth-order valence-electron chi connectivity index (χ4n) is 5.48. The highest BCUT2D eigenvalue weighted by Gasteiger charge is 2.46. The molecule has 9 heteroatoms. The van der Waals surface area contributed by atoms with Gasteiger partial charge in [-0.2, -0.15) is 13.2 Å². The van der Waals surface area contributed by atoms with Gasteiger partial charge in [-0.25, -0.2) is 4.98 Å². The van der Waals surface area contributed by atoms with E-state index in [1.54, 1.807) is 21.9 Å². The maximum Gasteiger partial charge on any atom is 0.433 e. The lowest BCUT2D eigenvalue weighted by Gasteiger charge is -2.45. The Labute approximate surface area is 230 Å². The summed E-state index contributed by atoms with van der Waals surface area (Å²) in [6.07, 6.45) is -2.10. The van der Waals surface area contributed by atoms with E-state index in [1.807, 2.05) is 42.5 Å². The van der Waals surface area contributed by atoms with E-state index in [9.17, 15) is 22.8 Å². The number of carbonyl (C=O) groups is 2. The third-order valence-corrected chi connectivity index (χ3v) is 7.63. The normalized spacial score (nSPS) is 16.4. The van der Waals surface area contributed by atoms with Crippen molar-refractivity contribution < 1.29 is 27.5 Å². The SMILES string of the molecule is COc1cc(C(=O)N2CCCC23CCN(C(=O)c2ccc(C#Cc4ccccc4)cc2)CC3)cc(C(F)(F)F)n1. The summed E-state index contributed by atoms with van der Waals surface area (Å²) in [6, 6.07) is 18.9. The number of hydrogen-bond acceptors (Lipinski definition) is 4. The molecule has 3 aromatic rings. The first-order valence-electron chi connectivity index (χ1n) is 13.1. The van der Waals surface area contributed by atoms with Crippen LogP contribution in [-0.4, -0.2) is 58.9 Å². The number of pyridine rings is 1. The van der Waals surface area contributed by atoms with Crippen LogP contribution in [0.2, 0.25) is 0 Å². The fraction of sp³-hybridized carbons (Fsp3) is 0.323. The van der Waals surface area contributed by atoms with Crippen LogP contribution in [-0.2, 0) is 6.18 Å². The number of methoxy groups -OCH3 is 1. The van der Waals surface area contributed by atoms with Gasteiger partial charge in [0.1, 0.15) is 5.69 Å². The molecule has 0 radical (unpaired) electrons. The second-order valence-electron chi connectivity index (χ2n) is 10.1. The molecule has 0 atom stereocenters. The number of likely N-dealkylation sites (tertiary alicyclic amines) is 2. The molecule has 0 N–H and O–H groups in total. The van der Waals surface area contributed by atoms with Crippen molar-refractivity contribution in [2.75, 3.05) is 26.7 Å². The second-order valence-corrected chi connectivity index (χ2v) is 10.1. The number of ether oxygens (including phenoxy) is 1. The highest BCUT2D eigenvalue weighted by Crippen LogP contribution is 2.40. The predicted molar refractivity (Wildman–Crippen MR) is 143 cm³/mol. The lowest BCUT2D eigenvalue weighted by molar-refractivity contribution is -0.141. The smallest absolute Gasteiger partial charge is 0.433 e. The fourth-order valence-corrected chi connectivity index (χ4v) is 5.48. The van der Waals surface area contributed by atoms with Crippen molar-refractivity contribution in [3.05, 3.63) is 94.7 Å². The molecule has 40 heavy (non-hydrogen) atoms. The number of benzene rings is 2. The van der Waals surface area contributed by atoms with Crippen LogP contribution in [0.5, 0.6) is 5.88 Å². The van der Waals surface area contributed by atoms with Crippen molar-refractivity contribution in [2.24, 2.45) is 0 Å². The number of piperidine rings is 1. The molecule has 6 nitrogen and oxygen atoms in total. The van der Waals surface area contributed by atoms with Gasteiger partial charge in [0.15, 0.2) is 0 Å². The standard InChI is InChI=1S/C31H28F3N3O3/c1-40-27-21-25(20-26(35-27)31(32,33)34)29(39)37-17-5-14-30(37)15-18-36(19-16-30)28(38)24-12-10-23(11-13-24)9-8-22-6-3-2-4-7-22/h2-4,6-7,10-13,20-21H,5,14-19H2,1H3. The molecule has 2 fully saturated rings. The average molecular weight is 548 g/mol. The van der Waals surface area contributed by atoms with E-state index < -0.39 is 23.3 Å². The molecule has 5 rings (SSSR count). The van der Waals surface area contributed by atoms with Gasteiger partial charge in [-0.05, 0) is 68.1 Å². The number of amides is 2. The lowest BCUT2D eigenvalue weighted by Crippen LogP contribution is -2.55. The molecule has 1 spiro atoms. The number of halogens is 3. The lowest BCUT2D eigenvalue weighted by atomic mass is 9.84. The van der Waals surface area contributed by atoms with Gasteiger partial charge in [0.25, 0.3) is 11.8 Å². The van der Waals surface area contributed by atoms with E-state index in [2.05, 4.69) is 16.8 Å². The van der Waals surface area contributed by atoms with Crippen LogP contribution in [0.3, 0.4) is 0 Å². The van der Waals surface area contributed by atoms with Gasteiger partial charge in [0.05, 0.1) is 7.11 Å². The number of alkyl halides is 3. The number of carbonyl (C=O) groups excluding carboxylic acids is 2. The van der Waals surface area contributed by atoms with Gasteiger partial charge in [-0.15, -0.1) is 0 Å². The van der Waals surface area contributed by atoms with Gasteiger partial charge < -0.3 is 14.5 Å². The average Bonchev–Trinajstić information content (AvgIpc) is 3.38. The van der Waals surface area contributed by atoms with Crippen LogP contribution < -0.4 is 4.74 Å². The molecule has 206 valence electrons. The van der Waals surface area contributed by atoms with E-state index in [4.69, 9.17) is 4.74 Å². The molecule has 0 saturated carbocycles. The molecule has 2 aromatic carbocycles. The summed E-state index contributed by atoms with van der Waals surface area (Å²) in [6.45, 7) is 1.35. The molecule has 2 aliphatic rings. The largest absolute Gasteiger partial charge is 0.481 e. The van der Waals surface area contributed by atoms with Crippen LogP contribution in [0.1, 0.15) is 63.2 Å². The Morgan fingerprint density at radius 2 is 1.50 bits per heavy atom. The molecular formula is C31H28F3N3O3. The van der Waals surface area contributed by atoms with Crippen molar-refractivity contribution in [2.45, 2.75) is 37.4 Å². The van der Waals surface area contributed by atoms with Crippen LogP contribution in [0.4, 0.5) is 13.2 Å². The highest BCUT2D eigenvalue weighted by molar-refractivity contribution is 5.96. The van der Waals surface area contributed by atoms with Gasteiger partial charge in [-0.3, -0.25) is 9.59 Å². The number of aromatic nitrogens is 1. The zero-order valence-electron chi connectivity index (χ0n) is 22.0. The van der Waals surface area contributed by atoms with E-state index in [1.165, 1.54) is 13.2 Å². The summed E-state index contributed by atoms with van der Waals surface area (Å²) < 4.78 is 45.1.